The number of aliphatic carboxylic acids is 1. The Morgan fingerprint density at radius 3 is 2.51 bits per heavy atom. The van der Waals surface area contributed by atoms with Crippen LogP contribution in [0.3, 0.4) is 0 Å². The van der Waals surface area contributed by atoms with Crippen molar-refractivity contribution >= 4 is 29.2 Å². The average Bonchev–Trinajstić information content (AvgIpc) is 3.29. The van der Waals surface area contributed by atoms with Crippen LogP contribution in [0.15, 0.2) is 24.3 Å². The van der Waals surface area contributed by atoms with Crippen molar-refractivity contribution in [3.05, 3.63) is 69.3 Å². The van der Waals surface area contributed by atoms with E-state index < -0.39 is 34.3 Å². The van der Waals surface area contributed by atoms with Crippen LogP contribution in [0.5, 0.6) is 0 Å². The molecule has 39 heavy (non-hydrogen) atoms. The number of nitrogens with zero attached hydrogens (tertiary/aromatic N) is 3. The van der Waals surface area contributed by atoms with E-state index in [0.29, 0.717) is 24.5 Å². The van der Waals surface area contributed by atoms with Crippen LogP contribution in [-0.2, 0) is 27.9 Å². The Kier molecular flexibility index (Phi) is 7.34. The third-order valence-corrected chi connectivity index (χ3v) is 8.03. The van der Waals surface area contributed by atoms with Gasteiger partial charge in [-0.15, -0.1) is 0 Å². The molecule has 3 N–H and O–H groups in total. The Hall–Kier alpha value is -3.15. The first kappa shape index (κ1) is 27.4. The molecule has 2 saturated heterocycles. The molecule has 0 aliphatic carbocycles. The molecule has 0 spiro atoms. The number of nitrogens with one attached hydrogen (secondary N) is 2. The summed E-state index contributed by atoms with van der Waals surface area (Å²) in [7, 11) is 0. The summed E-state index contributed by atoms with van der Waals surface area (Å²) in [6, 6.07) is 6.42. The van der Waals surface area contributed by atoms with Crippen molar-refractivity contribution in [3.8, 4) is 0 Å². The first-order chi connectivity index (χ1) is 18.5. The molecular weight excluding hydrogens is 535 g/mol. The number of rotatable bonds is 8. The number of aryl methyl sites for hydroxylation is 1. The highest BCUT2D eigenvalue weighted by molar-refractivity contribution is 6.30. The van der Waals surface area contributed by atoms with Crippen molar-refractivity contribution in [3.63, 3.8) is 0 Å². The van der Waals surface area contributed by atoms with Gasteiger partial charge < -0.3 is 15.2 Å². The lowest BCUT2D eigenvalue weighted by molar-refractivity contribution is -0.152. The van der Waals surface area contributed by atoms with E-state index in [4.69, 9.17) is 16.3 Å². The van der Waals surface area contributed by atoms with Crippen LogP contribution >= 0.6 is 11.6 Å². The lowest BCUT2D eigenvalue weighted by atomic mass is 9.73. The topological polar surface area (TPSA) is 103 Å². The number of carboxylic acids is 1. The smallest absolute Gasteiger partial charge is 0.310 e. The molecule has 0 saturated carbocycles. The minimum atomic E-state index is -1.33. The van der Waals surface area contributed by atoms with Crippen LogP contribution in [-0.4, -0.2) is 57.5 Å². The van der Waals surface area contributed by atoms with Crippen LogP contribution in [0, 0.1) is 29.8 Å². The van der Waals surface area contributed by atoms with E-state index in [-0.39, 0.29) is 61.1 Å². The normalized spacial score (nSPS) is 18.5. The second-order valence-electron chi connectivity index (χ2n) is 10.8. The fourth-order valence-electron chi connectivity index (χ4n) is 5.32. The van der Waals surface area contributed by atoms with E-state index >= 15 is 8.78 Å². The Balaban J connectivity index is 1.43. The van der Waals surface area contributed by atoms with Gasteiger partial charge in [-0.25, -0.2) is 18.2 Å². The third-order valence-electron chi connectivity index (χ3n) is 7.74. The lowest BCUT2D eigenvalue weighted by Crippen LogP contribution is -2.47. The number of hydrogen-bond acceptors (Lipinski definition) is 6. The fourth-order valence-corrected chi connectivity index (χ4v) is 5.51. The second kappa shape index (κ2) is 10.4. The predicted octanol–water partition coefficient (Wildman–Crippen LogP) is 5.12. The molecule has 0 radical (unpaired) electrons. The average molecular weight is 564 g/mol. The van der Waals surface area contributed by atoms with E-state index in [1.807, 2.05) is 4.90 Å². The number of aromatic amines is 1. The van der Waals surface area contributed by atoms with Gasteiger partial charge in [-0.1, -0.05) is 30.7 Å². The maximum atomic E-state index is 15.9. The van der Waals surface area contributed by atoms with Crippen LogP contribution in [0.2, 0.25) is 5.02 Å². The van der Waals surface area contributed by atoms with Gasteiger partial charge >= 0.3 is 5.97 Å². The summed E-state index contributed by atoms with van der Waals surface area (Å²) in [5.74, 6) is -3.22. The van der Waals surface area contributed by atoms with Crippen LogP contribution in [0.4, 0.5) is 24.8 Å². The summed E-state index contributed by atoms with van der Waals surface area (Å²) in [4.78, 5) is 18.8. The van der Waals surface area contributed by atoms with E-state index in [2.05, 4.69) is 20.5 Å². The number of halogens is 4. The monoisotopic (exact) mass is 563 g/mol. The Labute approximate surface area is 228 Å². The minimum absolute atomic E-state index is 0.0260. The van der Waals surface area contributed by atoms with Crippen LogP contribution in [0.25, 0.3) is 0 Å². The first-order valence-electron chi connectivity index (χ1n) is 12.7. The molecule has 2 aliphatic rings. The Morgan fingerprint density at radius 1 is 1.21 bits per heavy atom. The minimum Gasteiger partial charge on any atom is -0.481 e. The van der Waals surface area contributed by atoms with E-state index in [9.17, 15) is 14.3 Å². The molecule has 1 aromatic carbocycles. The largest absolute Gasteiger partial charge is 0.481 e. The summed E-state index contributed by atoms with van der Waals surface area (Å²) in [6.07, 6.45) is 0.131. The number of aromatic nitrogens is 3. The Bertz CT molecular complexity index is 1400. The molecule has 3 aromatic rings. The molecule has 208 valence electrons. The van der Waals surface area contributed by atoms with Gasteiger partial charge in [0.15, 0.2) is 23.3 Å². The van der Waals surface area contributed by atoms with Gasteiger partial charge in [0.1, 0.15) is 5.82 Å². The molecular formula is C27H29ClF3N5O3. The van der Waals surface area contributed by atoms with E-state index in [1.165, 1.54) is 6.07 Å². The number of piperidine rings is 1. The molecule has 8 nitrogen and oxygen atoms in total. The molecule has 0 unspecified atom stereocenters. The molecule has 2 aliphatic heterocycles. The number of carbonyl (C=O) groups is 1. The number of benzene rings is 1. The van der Waals surface area contributed by atoms with Gasteiger partial charge in [0.25, 0.3) is 0 Å². The van der Waals surface area contributed by atoms with Gasteiger partial charge in [-0.05, 0) is 38.9 Å². The number of hydrogen-bond donors (Lipinski definition) is 3. The number of H-pyrrole nitrogens is 1. The van der Waals surface area contributed by atoms with Crippen molar-refractivity contribution in [2.75, 3.05) is 31.6 Å². The summed E-state index contributed by atoms with van der Waals surface area (Å²) in [6.45, 7) is 4.69. The lowest BCUT2D eigenvalue weighted by Gasteiger charge is -2.40. The number of pyridine rings is 1. The van der Waals surface area contributed by atoms with Crippen molar-refractivity contribution in [2.24, 2.45) is 5.41 Å². The maximum absolute atomic E-state index is 15.9. The highest BCUT2D eigenvalue weighted by Crippen LogP contribution is 2.42. The van der Waals surface area contributed by atoms with Gasteiger partial charge in [0.05, 0.1) is 29.3 Å². The fraction of sp³-hybridized carbons (Fsp3) is 0.444. The summed E-state index contributed by atoms with van der Waals surface area (Å²) >= 11 is 5.90. The zero-order chi connectivity index (χ0) is 27.9. The van der Waals surface area contributed by atoms with Crippen molar-refractivity contribution in [1.82, 2.24) is 20.1 Å². The number of carboxylic acid groups (broad SMARTS) is 1. The molecule has 12 heteroatoms. The molecule has 2 aromatic heterocycles. The summed E-state index contributed by atoms with van der Waals surface area (Å²) in [5.41, 5.74) is -1.40. The molecule has 5 rings (SSSR count). The van der Waals surface area contributed by atoms with Gasteiger partial charge in [0.2, 0.25) is 0 Å². The highest BCUT2D eigenvalue weighted by atomic mass is 35.5. The quantitative estimate of drug-likeness (QED) is 0.349. The number of ether oxygens (including phenoxy) is 1. The molecule has 0 bridgehead atoms. The molecule has 0 atom stereocenters. The van der Waals surface area contributed by atoms with Crippen molar-refractivity contribution < 1.29 is 27.8 Å². The predicted molar refractivity (Wildman–Crippen MR) is 139 cm³/mol. The Morgan fingerprint density at radius 2 is 1.92 bits per heavy atom. The second-order valence-corrected chi connectivity index (χ2v) is 11.2. The van der Waals surface area contributed by atoms with Gasteiger partial charge in [0, 0.05) is 41.3 Å². The SMILES string of the molecule is Cc1cc(Nc2nc(CC3(C(=O)O)CCN(Cc4cccc(Cl)c4F)CC3)c(F)c(C3(C)COC3)c2F)n[nH]1. The van der Waals surface area contributed by atoms with Crippen LogP contribution in [0.1, 0.15) is 42.3 Å². The summed E-state index contributed by atoms with van der Waals surface area (Å²) in [5, 5.41) is 19.9. The van der Waals surface area contributed by atoms with E-state index in [1.54, 1.807) is 32.0 Å². The van der Waals surface area contributed by atoms with Gasteiger partial charge in [-0.3, -0.25) is 14.8 Å². The van der Waals surface area contributed by atoms with Crippen LogP contribution < -0.4 is 5.32 Å². The zero-order valence-electron chi connectivity index (χ0n) is 21.6. The number of anilines is 2. The molecule has 2 fully saturated rings. The standard InChI is InChI=1S/C27H29ClF3N5O3/c1-15-10-19(35-34-15)33-24-23(31)20(26(2)13-39-14-26)22(30)18(32-24)11-27(25(37)38)6-8-36(9-7-27)12-16-4-3-5-17(28)21(16)29/h3-5,10H,6-9,11-14H2,1-2H3,(H,37,38)(H2,32,33,34,35). The van der Waals surface area contributed by atoms with E-state index in [0.717, 1.165) is 5.69 Å². The first-order valence-corrected chi connectivity index (χ1v) is 13.0. The van der Waals surface area contributed by atoms with Crippen molar-refractivity contribution in [2.45, 2.75) is 45.1 Å². The zero-order valence-corrected chi connectivity index (χ0v) is 22.3. The molecule has 0 amide bonds. The van der Waals surface area contributed by atoms with Gasteiger partial charge in [-0.2, -0.15) is 5.10 Å². The number of likely N-dealkylation sites (tertiary alicyclic amines) is 1. The maximum Gasteiger partial charge on any atom is 0.310 e. The third kappa shape index (κ3) is 5.22. The summed E-state index contributed by atoms with van der Waals surface area (Å²) < 4.78 is 51.3. The highest BCUT2D eigenvalue weighted by Gasteiger charge is 2.46. The van der Waals surface area contributed by atoms with Crippen molar-refractivity contribution in [1.29, 1.82) is 0 Å². The molecule has 4 heterocycles.